The van der Waals surface area contributed by atoms with E-state index in [1.165, 1.54) is 55.4 Å². The normalized spacial score (nSPS) is 11.4. The minimum Gasteiger partial charge on any atom is -0.317 e. The number of para-hydroxylation sites is 2. The van der Waals surface area contributed by atoms with E-state index in [-0.39, 0.29) is 0 Å². The number of benzene rings is 5. The minimum atomic E-state index is 1.07. The highest BCUT2D eigenvalue weighted by Crippen LogP contribution is 2.34. The summed E-state index contributed by atoms with van der Waals surface area (Å²) in [7, 11) is 0. The number of hydrogen-bond acceptors (Lipinski definition) is 0. The molecule has 0 aliphatic carbocycles. The summed E-state index contributed by atoms with van der Waals surface area (Å²) in [6, 6.07) is 45.5. The second kappa shape index (κ2) is 8.95. The first kappa shape index (κ1) is 21.9. The van der Waals surface area contributed by atoms with Crippen molar-refractivity contribution in [1.29, 1.82) is 0 Å². The van der Waals surface area contributed by atoms with Crippen molar-refractivity contribution < 1.29 is 0 Å². The van der Waals surface area contributed by atoms with E-state index in [9.17, 15) is 0 Å². The van der Waals surface area contributed by atoms with E-state index in [0.29, 0.717) is 0 Å². The first-order valence-electron chi connectivity index (χ1n) is 12.4. The van der Waals surface area contributed by atoms with Crippen molar-refractivity contribution in [3.63, 3.8) is 0 Å². The summed E-state index contributed by atoms with van der Waals surface area (Å²) in [6.45, 7) is 0. The smallest absolute Gasteiger partial charge is 0.0528 e. The molecule has 2 heterocycles. The van der Waals surface area contributed by atoms with E-state index in [2.05, 4.69) is 165 Å². The van der Waals surface area contributed by atoms with Crippen LogP contribution < -0.4 is 0 Å². The van der Waals surface area contributed by atoms with E-state index in [1.807, 2.05) is 0 Å². The maximum atomic E-state index is 3.77. The first-order chi connectivity index (χ1) is 18.2. The maximum absolute atomic E-state index is 3.77. The predicted molar refractivity (Wildman–Crippen MR) is 159 cm³/mol. The van der Waals surface area contributed by atoms with Crippen LogP contribution in [0.25, 0.3) is 55.4 Å². The third-order valence-corrected chi connectivity index (χ3v) is 7.47. The Labute approximate surface area is 224 Å². The molecular formula is C34H23BrN2. The van der Waals surface area contributed by atoms with Crippen LogP contribution in [0.2, 0.25) is 0 Å². The number of halogens is 1. The van der Waals surface area contributed by atoms with Crippen LogP contribution in [0.4, 0.5) is 0 Å². The molecule has 0 spiro atoms. The van der Waals surface area contributed by atoms with Crippen molar-refractivity contribution in [2.75, 3.05) is 0 Å². The van der Waals surface area contributed by atoms with Crippen molar-refractivity contribution in [2.24, 2.45) is 0 Å². The zero-order valence-electron chi connectivity index (χ0n) is 20.1. The van der Waals surface area contributed by atoms with Gasteiger partial charge in [-0.25, -0.2) is 0 Å². The number of hydrogen-bond donors (Lipinski definition) is 0. The molecule has 0 unspecified atom stereocenters. The quantitative estimate of drug-likeness (QED) is 0.211. The summed E-state index contributed by atoms with van der Waals surface area (Å²) in [4.78, 5) is 0. The topological polar surface area (TPSA) is 9.86 Å². The van der Waals surface area contributed by atoms with E-state index in [4.69, 9.17) is 0 Å². The summed E-state index contributed by atoms with van der Waals surface area (Å²) in [5.41, 5.74) is 9.56. The highest BCUT2D eigenvalue weighted by atomic mass is 79.9. The summed E-state index contributed by atoms with van der Waals surface area (Å²) in [6.07, 6.45) is 4.29. The van der Waals surface area contributed by atoms with Gasteiger partial charge in [-0.15, -0.1) is 0 Å². The molecule has 2 aromatic heterocycles. The van der Waals surface area contributed by atoms with Gasteiger partial charge in [-0.1, -0.05) is 64.5 Å². The second-order valence-corrected chi connectivity index (χ2v) is 10.2. The Balaban J connectivity index is 1.27. The van der Waals surface area contributed by atoms with Gasteiger partial charge in [-0.05, 0) is 101 Å². The number of nitrogens with zero attached hydrogens (tertiary/aromatic N) is 2. The Morgan fingerprint density at radius 3 is 1.32 bits per heavy atom. The van der Waals surface area contributed by atoms with Gasteiger partial charge < -0.3 is 9.13 Å². The highest BCUT2D eigenvalue weighted by Gasteiger charge is 2.10. The SMILES string of the molecule is Brc1cc(-c2ccc3c(ccn3-c3ccccc3)c2)cc(-c2ccc3c(ccn3-c3ccccc3)c2)c1. The summed E-state index contributed by atoms with van der Waals surface area (Å²) >= 11 is 3.77. The first-order valence-corrected chi connectivity index (χ1v) is 13.2. The predicted octanol–water partition coefficient (Wildman–Crippen LogP) is 9.67. The Hall–Kier alpha value is -4.34. The van der Waals surface area contributed by atoms with Gasteiger partial charge in [-0.2, -0.15) is 0 Å². The molecule has 7 rings (SSSR count). The van der Waals surface area contributed by atoms with E-state index >= 15 is 0 Å². The molecule has 0 amide bonds. The van der Waals surface area contributed by atoms with Crippen molar-refractivity contribution >= 4 is 37.7 Å². The third-order valence-electron chi connectivity index (χ3n) is 7.01. The minimum absolute atomic E-state index is 1.07. The van der Waals surface area contributed by atoms with Gasteiger partial charge in [0.1, 0.15) is 0 Å². The van der Waals surface area contributed by atoms with Crippen LogP contribution in [-0.2, 0) is 0 Å². The van der Waals surface area contributed by atoms with Crippen molar-refractivity contribution in [1.82, 2.24) is 9.13 Å². The van der Waals surface area contributed by atoms with Gasteiger partial charge in [-0.3, -0.25) is 0 Å². The van der Waals surface area contributed by atoms with Gasteiger partial charge in [0.2, 0.25) is 0 Å². The van der Waals surface area contributed by atoms with Crippen molar-refractivity contribution in [3.8, 4) is 33.6 Å². The van der Waals surface area contributed by atoms with Gasteiger partial charge in [0.05, 0.1) is 11.0 Å². The van der Waals surface area contributed by atoms with Crippen LogP contribution in [0.15, 0.2) is 144 Å². The molecule has 2 nitrogen and oxygen atoms in total. The van der Waals surface area contributed by atoms with Crippen molar-refractivity contribution in [3.05, 3.63) is 144 Å². The largest absolute Gasteiger partial charge is 0.317 e. The molecule has 0 fully saturated rings. The molecule has 0 radical (unpaired) electrons. The van der Waals surface area contributed by atoms with Crippen LogP contribution in [0.5, 0.6) is 0 Å². The van der Waals surface area contributed by atoms with Crippen LogP contribution >= 0.6 is 15.9 Å². The molecule has 0 saturated heterocycles. The zero-order chi connectivity index (χ0) is 24.8. The summed E-state index contributed by atoms with van der Waals surface area (Å²) < 4.78 is 5.55. The maximum Gasteiger partial charge on any atom is 0.0528 e. The van der Waals surface area contributed by atoms with Crippen LogP contribution in [-0.4, -0.2) is 9.13 Å². The molecule has 0 N–H and O–H groups in total. The molecule has 3 heteroatoms. The Morgan fingerprint density at radius 1 is 0.405 bits per heavy atom. The monoisotopic (exact) mass is 538 g/mol. The second-order valence-electron chi connectivity index (χ2n) is 9.32. The van der Waals surface area contributed by atoms with Gasteiger partial charge >= 0.3 is 0 Å². The molecule has 0 aliphatic heterocycles. The number of fused-ring (bicyclic) bond motifs is 2. The van der Waals surface area contributed by atoms with Crippen LogP contribution in [0.1, 0.15) is 0 Å². The number of rotatable bonds is 4. The van der Waals surface area contributed by atoms with Gasteiger partial charge in [0.25, 0.3) is 0 Å². The number of aromatic nitrogens is 2. The van der Waals surface area contributed by atoms with E-state index in [0.717, 1.165) is 4.47 Å². The zero-order valence-corrected chi connectivity index (χ0v) is 21.6. The molecule has 0 atom stereocenters. The lowest BCUT2D eigenvalue weighted by Crippen LogP contribution is -1.91. The van der Waals surface area contributed by atoms with Crippen LogP contribution in [0, 0.1) is 0 Å². The molecule has 0 saturated carbocycles. The van der Waals surface area contributed by atoms with E-state index in [1.54, 1.807) is 0 Å². The standard InChI is InChI=1S/C34H23BrN2/c35-30-22-28(24-11-13-33-26(19-24)15-17-36(33)31-7-3-1-4-8-31)21-29(23-30)25-12-14-34-27(20-25)16-18-37(34)32-9-5-2-6-10-32/h1-23H. The average Bonchev–Trinajstić information content (AvgIpc) is 3.57. The third kappa shape index (κ3) is 3.98. The van der Waals surface area contributed by atoms with E-state index < -0.39 is 0 Å². The van der Waals surface area contributed by atoms with Gasteiger partial charge in [0.15, 0.2) is 0 Å². The lowest BCUT2D eigenvalue weighted by molar-refractivity contribution is 1.13. The Bertz CT molecular complexity index is 1740. The lowest BCUT2D eigenvalue weighted by Gasteiger charge is -2.10. The summed E-state index contributed by atoms with van der Waals surface area (Å²) in [5, 5.41) is 2.46. The summed E-state index contributed by atoms with van der Waals surface area (Å²) in [5.74, 6) is 0. The highest BCUT2D eigenvalue weighted by molar-refractivity contribution is 9.10. The molecular weight excluding hydrogens is 516 g/mol. The van der Waals surface area contributed by atoms with Gasteiger partial charge in [0, 0.05) is 39.0 Å². The van der Waals surface area contributed by atoms with Crippen molar-refractivity contribution in [2.45, 2.75) is 0 Å². The fourth-order valence-corrected chi connectivity index (χ4v) is 5.69. The lowest BCUT2D eigenvalue weighted by atomic mass is 9.97. The molecule has 0 bridgehead atoms. The molecule has 7 aromatic rings. The molecule has 176 valence electrons. The molecule has 37 heavy (non-hydrogen) atoms. The molecule has 5 aromatic carbocycles. The van der Waals surface area contributed by atoms with Crippen LogP contribution in [0.3, 0.4) is 0 Å². The fourth-order valence-electron chi connectivity index (χ4n) is 5.19. The molecule has 0 aliphatic rings. The average molecular weight is 539 g/mol. The Morgan fingerprint density at radius 2 is 0.865 bits per heavy atom. The Kier molecular flexibility index (Phi) is 5.30. The fraction of sp³-hybridized carbons (Fsp3) is 0.